The maximum Gasteiger partial charge on any atom is 0.157 e. The Balaban J connectivity index is 2.71. The number of aryl methyl sites for hydroxylation is 1. The second-order valence-electron chi connectivity index (χ2n) is 3.53. The average Bonchev–Trinajstić information content (AvgIpc) is 2.59. The van der Waals surface area contributed by atoms with E-state index in [9.17, 15) is 9.50 Å². The first-order valence-corrected chi connectivity index (χ1v) is 5.52. The molecule has 2 rings (SSSR count). The van der Waals surface area contributed by atoms with Crippen molar-refractivity contribution in [3.8, 4) is 23.1 Å². The molecule has 1 heterocycles. The van der Waals surface area contributed by atoms with Crippen LogP contribution in [0.25, 0.3) is 11.3 Å². The van der Waals surface area contributed by atoms with Crippen molar-refractivity contribution in [2.75, 3.05) is 0 Å². The summed E-state index contributed by atoms with van der Waals surface area (Å²) in [5.74, 6) is -0.962. The first kappa shape index (κ1) is 12.7. The van der Waals surface area contributed by atoms with Gasteiger partial charge in [-0.25, -0.2) is 4.39 Å². The average molecular weight is 286 g/mol. The standard InChI is InChI=1S/C11H6Cl2FN3O/c1-17-8(4-15)10(13)11(16-17)5-2-9(18)6(12)3-7(5)14/h2-3,18H,1H3. The van der Waals surface area contributed by atoms with Crippen LogP contribution in [-0.2, 0) is 7.05 Å². The molecule has 0 saturated heterocycles. The molecule has 4 nitrogen and oxygen atoms in total. The molecular weight excluding hydrogens is 280 g/mol. The molecule has 0 amide bonds. The van der Waals surface area contributed by atoms with E-state index in [4.69, 9.17) is 28.5 Å². The van der Waals surface area contributed by atoms with Crippen molar-refractivity contribution in [2.45, 2.75) is 0 Å². The van der Waals surface area contributed by atoms with Gasteiger partial charge in [-0.05, 0) is 12.1 Å². The maximum absolute atomic E-state index is 13.8. The number of phenols is 1. The molecule has 92 valence electrons. The van der Waals surface area contributed by atoms with Gasteiger partial charge in [-0.15, -0.1) is 0 Å². The second-order valence-corrected chi connectivity index (χ2v) is 4.32. The van der Waals surface area contributed by atoms with Gasteiger partial charge in [-0.2, -0.15) is 10.4 Å². The summed E-state index contributed by atoms with van der Waals surface area (Å²) in [6.07, 6.45) is 0. The van der Waals surface area contributed by atoms with Gasteiger partial charge in [0.05, 0.1) is 5.02 Å². The van der Waals surface area contributed by atoms with Gasteiger partial charge in [0.25, 0.3) is 0 Å². The van der Waals surface area contributed by atoms with Crippen molar-refractivity contribution in [3.05, 3.63) is 33.7 Å². The summed E-state index contributed by atoms with van der Waals surface area (Å²) in [6.45, 7) is 0. The van der Waals surface area contributed by atoms with E-state index < -0.39 is 5.82 Å². The van der Waals surface area contributed by atoms with Crippen molar-refractivity contribution in [1.29, 1.82) is 5.26 Å². The molecule has 1 aromatic carbocycles. The molecule has 1 N–H and O–H groups in total. The third kappa shape index (κ3) is 1.90. The SMILES string of the molecule is Cn1nc(-c2cc(O)c(Cl)cc2F)c(Cl)c1C#N. The lowest BCUT2D eigenvalue weighted by Gasteiger charge is -2.03. The molecule has 0 aliphatic carbocycles. The molecule has 0 unspecified atom stereocenters. The third-order valence-corrected chi connectivity index (χ3v) is 3.05. The molecule has 0 saturated carbocycles. The van der Waals surface area contributed by atoms with E-state index in [2.05, 4.69) is 5.10 Å². The lowest BCUT2D eigenvalue weighted by Crippen LogP contribution is -1.94. The van der Waals surface area contributed by atoms with Crippen molar-refractivity contribution in [1.82, 2.24) is 9.78 Å². The summed E-state index contributed by atoms with van der Waals surface area (Å²) in [7, 11) is 1.52. The number of nitriles is 1. The van der Waals surface area contributed by atoms with Crippen LogP contribution in [0, 0.1) is 17.1 Å². The molecule has 7 heteroatoms. The molecule has 0 aliphatic heterocycles. The largest absolute Gasteiger partial charge is 0.506 e. The Morgan fingerprint density at radius 3 is 2.67 bits per heavy atom. The van der Waals surface area contributed by atoms with E-state index in [1.165, 1.54) is 11.7 Å². The monoisotopic (exact) mass is 285 g/mol. The summed E-state index contributed by atoms with van der Waals surface area (Å²) >= 11 is 11.5. The number of nitrogens with zero attached hydrogens (tertiary/aromatic N) is 3. The molecule has 2 aromatic rings. The fourth-order valence-electron chi connectivity index (χ4n) is 1.51. The van der Waals surface area contributed by atoms with Crippen LogP contribution < -0.4 is 0 Å². The molecule has 18 heavy (non-hydrogen) atoms. The van der Waals surface area contributed by atoms with Gasteiger partial charge in [0.15, 0.2) is 5.69 Å². The zero-order valence-electron chi connectivity index (χ0n) is 9.08. The van der Waals surface area contributed by atoms with Crippen LogP contribution in [0.5, 0.6) is 5.75 Å². The number of rotatable bonds is 1. The lowest BCUT2D eigenvalue weighted by molar-refractivity contribution is 0.474. The highest BCUT2D eigenvalue weighted by molar-refractivity contribution is 6.34. The second kappa shape index (κ2) is 4.48. The zero-order chi connectivity index (χ0) is 13.4. The van der Waals surface area contributed by atoms with Gasteiger partial charge in [0, 0.05) is 12.6 Å². The highest BCUT2D eigenvalue weighted by Crippen LogP contribution is 2.35. The van der Waals surface area contributed by atoms with Gasteiger partial charge in [0.2, 0.25) is 0 Å². The van der Waals surface area contributed by atoms with Crippen molar-refractivity contribution in [2.24, 2.45) is 7.05 Å². The highest BCUT2D eigenvalue weighted by Gasteiger charge is 2.19. The number of aromatic hydroxyl groups is 1. The normalized spacial score (nSPS) is 10.4. The van der Waals surface area contributed by atoms with Crippen molar-refractivity contribution in [3.63, 3.8) is 0 Å². The fourth-order valence-corrected chi connectivity index (χ4v) is 1.97. The van der Waals surface area contributed by atoms with Crippen LogP contribution in [0.4, 0.5) is 4.39 Å². The quantitative estimate of drug-likeness (QED) is 0.876. The van der Waals surface area contributed by atoms with E-state index >= 15 is 0 Å². The number of aromatic nitrogens is 2. The summed E-state index contributed by atoms with van der Waals surface area (Å²) in [4.78, 5) is 0. The zero-order valence-corrected chi connectivity index (χ0v) is 10.6. The van der Waals surface area contributed by atoms with Crippen molar-refractivity contribution >= 4 is 23.2 Å². The van der Waals surface area contributed by atoms with Crippen LogP contribution in [0.15, 0.2) is 12.1 Å². The van der Waals surface area contributed by atoms with Gasteiger partial charge in [-0.3, -0.25) is 4.68 Å². The third-order valence-electron chi connectivity index (χ3n) is 2.39. The van der Waals surface area contributed by atoms with Crippen molar-refractivity contribution < 1.29 is 9.50 Å². The molecule has 0 spiro atoms. The van der Waals surface area contributed by atoms with Crippen LogP contribution in [0.3, 0.4) is 0 Å². The Morgan fingerprint density at radius 2 is 2.11 bits per heavy atom. The molecule has 0 fully saturated rings. The Hall–Kier alpha value is -1.77. The van der Waals surface area contributed by atoms with E-state index in [1.807, 2.05) is 6.07 Å². The van der Waals surface area contributed by atoms with Gasteiger partial charge >= 0.3 is 0 Å². The summed E-state index contributed by atoms with van der Waals surface area (Å²) in [5.41, 5.74) is 0.180. The van der Waals surface area contributed by atoms with Gasteiger partial charge in [0.1, 0.15) is 28.4 Å². The number of hydrogen-bond acceptors (Lipinski definition) is 3. The lowest BCUT2D eigenvalue weighted by atomic mass is 10.1. The van der Waals surface area contributed by atoms with Gasteiger partial charge < -0.3 is 5.11 Å². The van der Waals surface area contributed by atoms with E-state index in [1.54, 1.807) is 0 Å². The number of halogens is 3. The maximum atomic E-state index is 13.8. The molecule has 1 aromatic heterocycles. The van der Waals surface area contributed by atoms with Crippen LogP contribution in [-0.4, -0.2) is 14.9 Å². The summed E-state index contributed by atoms with van der Waals surface area (Å²) in [6, 6.07) is 3.94. The Kier molecular flexibility index (Phi) is 3.16. The number of hydrogen-bond donors (Lipinski definition) is 1. The minimum atomic E-state index is -0.678. The molecule has 0 bridgehead atoms. The van der Waals surface area contributed by atoms with E-state index in [0.717, 1.165) is 12.1 Å². The van der Waals surface area contributed by atoms with E-state index in [-0.39, 0.29) is 32.7 Å². The minimum Gasteiger partial charge on any atom is -0.506 e. The summed E-state index contributed by atoms with van der Waals surface area (Å²) < 4.78 is 15.0. The first-order chi connectivity index (χ1) is 8.45. The smallest absolute Gasteiger partial charge is 0.157 e. The Morgan fingerprint density at radius 1 is 1.44 bits per heavy atom. The fraction of sp³-hybridized carbons (Fsp3) is 0.0909. The molecule has 0 atom stereocenters. The molecular formula is C11H6Cl2FN3O. The van der Waals surface area contributed by atoms with Crippen LogP contribution in [0.2, 0.25) is 10.0 Å². The Bertz CT molecular complexity index is 676. The summed E-state index contributed by atoms with van der Waals surface area (Å²) in [5, 5.41) is 22.2. The topological polar surface area (TPSA) is 61.8 Å². The van der Waals surface area contributed by atoms with Crippen LogP contribution >= 0.6 is 23.2 Å². The van der Waals surface area contributed by atoms with E-state index in [0.29, 0.717) is 0 Å². The number of benzene rings is 1. The predicted molar refractivity (Wildman–Crippen MR) is 65.0 cm³/mol. The molecule has 0 radical (unpaired) electrons. The first-order valence-electron chi connectivity index (χ1n) is 4.76. The van der Waals surface area contributed by atoms with Crippen LogP contribution in [0.1, 0.15) is 5.69 Å². The predicted octanol–water partition coefficient (Wildman–Crippen LogP) is 3.11. The Labute approximate surface area is 112 Å². The number of phenolic OH excluding ortho intramolecular Hbond substituents is 1. The molecule has 0 aliphatic rings. The minimum absolute atomic E-state index is 0.0148. The highest BCUT2D eigenvalue weighted by atomic mass is 35.5. The van der Waals surface area contributed by atoms with Gasteiger partial charge in [-0.1, -0.05) is 23.2 Å².